The van der Waals surface area contributed by atoms with Crippen LogP contribution in [0.1, 0.15) is 13.8 Å². The van der Waals surface area contributed by atoms with Gasteiger partial charge in [0.25, 0.3) is 0 Å². The zero-order chi connectivity index (χ0) is 4.50. The van der Waals surface area contributed by atoms with Crippen LogP contribution in [0.25, 0.3) is 0 Å². The normalized spacial score (nSPS) is 12.6. The summed E-state index contributed by atoms with van der Waals surface area (Å²) in [5.41, 5.74) is 0. The molecule has 0 spiro atoms. The topological polar surface area (TPSA) is 20.2 Å². The number of rotatable bonds is 0. The van der Waals surface area contributed by atoms with E-state index < -0.39 is 0 Å². The summed E-state index contributed by atoms with van der Waals surface area (Å²) in [5.74, 6) is 0. The Bertz CT molecular complexity index is 22.4. The molecule has 0 aromatic rings. The van der Waals surface area contributed by atoms with Crippen molar-refractivity contribution in [2.75, 3.05) is 0 Å². The first-order valence-corrected chi connectivity index (χ1v) is 2.72. The van der Waals surface area contributed by atoms with E-state index in [9.17, 15) is 0 Å². The molecule has 1 nitrogen and oxygen atoms in total. The van der Waals surface area contributed by atoms with Crippen molar-refractivity contribution in [2.24, 2.45) is 0 Å². The molecule has 0 atom stereocenters. The van der Waals surface area contributed by atoms with Crippen LogP contribution < -0.4 is 0 Å². The van der Waals surface area contributed by atoms with Gasteiger partial charge in [-0.3, -0.25) is 0 Å². The molecule has 0 rings (SSSR count). The number of hydrogen-bond acceptors (Lipinski definition) is 1. The lowest BCUT2D eigenvalue weighted by atomic mass is 10.5. The fourth-order valence-electron chi connectivity index (χ4n) is 0. The van der Waals surface area contributed by atoms with Crippen LogP contribution in [0.4, 0.5) is 0 Å². The fourth-order valence-corrected chi connectivity index (χ4v) is 0. The van der Waals surface area contributed by atoms with Gasteiger partial charge in [0.05, 0.1) is 0 Å². The van der Waals surface area contributed by atoms with Crippen molar-refractivity contribution in [3.63, 3.8) is 0 Å². The average molecular weight is 90.2 g/mol. The van der Waals surface area contributed by atoms with Crippen molar-refractivity contribution in [2.45, 2.75) is 19.1 Å². The van der Waals surface area contributed by atoms with Crippen molar-refractivity contribution in [1.82, 2.24) is 0 Å². The van der Waals surface area contributed by atoms with Gasteiger partial charge in [-0.2, -0.15) is 0 Å². The summed E-state index contributed by atoms with van der Waals surface area (Å²) in [4.78, 5) is 0. The minimum atomic E-state index is -0.361. The molecule has 0 heterocycles. The summed E-state index contributed by atoms with van der Waals surface area (Å²) in [6.45, 7) is 3.61. The van der Waals surface area contributed by atoms with Crippen molar-refractivity contribution in [3.8, 4) is 0 Å². The first kappa shape index (κ1) is 5.18. The maximum absolute atomic E-state index is 8.58. The fraction of sp³-hybridized carbons (Fsp3) is 1.00. The van der Waals surface area contributed by atoms with Crippen LogP contribution in [-0.4, -0.2) is 20.6 Å². The van der Waals surface area contributed by atoms with E-state index in [1.807, 2.05) is 0 Å². The third-order valence-corrected chi connectivity index (χ3v) is 0. The van der Waals surface area contributed by atoms with Crippen LogP contribution in [-0.2, 0) is 0 Å². The van der Waals surface area contributed by atoms with Crippen LogP contribution in [0.3, 0.4) is 0 Å². The molecule has 32 valence electrons. The third-order valence-electron chi connectivity index (χ3n) is 0. The Labute approximate surface area is 35.4 Å². The van der Waals surface area contributed by atoms with Crippen LogP contribution in [0.5, 0.6) is 0 Å². The average Bonchev–Trinajstić information content (AvgIpc) is 0.722. The molecule has 5 heavy (non-hydrogen) atoms. The monoisotopic (exact) mass is 90.1 g/mol. The highest BCUT2D eigenvalue weighted by Crippen LogP contribution is 1.87. The van der Waals surface area contributed by atoms with Gasteiger partial charge >= 0.3 is 0 Å². The van der Waals surface area contributed by atoms with Crippen molar-refractivity contribution in [1.29, 1.82) is 0 Å². The molecule has 0 aliphatic heterocycles. The molecule has 0 unspecified atom stereocenters. The zero-order valence-corrected chi connectivity index (χ0v) is 5.95. The zero-order valence-electron chi connectivity index (χ0n) is 3.95. The van der Waals surface area contributed by atoms with Gasteiger partial charge in [-0.05, 0) is 13.8 Å². The predicted molar refractivity (Wildman–Crippen MR) is 26.2 cm³/mol. The Balaban J connectivity index is 3.02. The molecular formula is C3H10OSi. The molecule has 0 fully saturated rings. The smallest absolute Gasteiger partial charge is 0.0421 e. The Kier molecular flexibility index (Phi) is 1.14. The van der Waals surface area contributed by atoms with Crippen molar-refractivity contribution >= 4 is 10.2 Å². The van der Waals surface area contributed by atoms with Crippen LogP contribution >= 0.6 is 0 Å². The van der Waals surface area contributed by atoms with Gasteiger partial charge < -0.3 is 5.11 Å². The first-order chi connectivity index (χ1) is 2.00. The van der Waals surface area contributed by atoms with E-state index in [0.29, 0.717) is 0 Å². The number of hydrogen-bond donors (Lipinski definition) is 1. The van der Waals surface area contributed by atoms with Crippen LogP contribution in [0, 0.1) is 0 Å². The van der Waals surface area contributed by atoms with E-state index in [0.717, 1.165) is 10.2 Å². The molecule has 0 saturated heterocycles. The van der Waals surface area contributed by atoms with E-state index >= 15 is 0 Å². The molecule has 2 heteroatoms. The third kappa shape index (κ3) is 633. The van der Waals surface area contributed by atoms with Crippen molar-refractivity contribution < 1.29 is 5.11 Å². The molecule has 0 amide bonds. The van der Waals surface area contributed by atoms with E-state index in [-0.39, 0.29) is 5.22 Å². The standard InChI is InChI=1S/C3H10OSi/c1-3(2,4)5/h4H,1-2,5H3. The van der Waals surface area contributed by atoms with Gasteiger partial charge in [0, 0.05) is 15.5 Å². The minimum Gasteiger partial charge on any atom is -0.395 e. The molecule has 0 aliphatic rings. The number of aliphatic hydroxyl groups is 1. The lowest BCUT2D eigenvalue weighted by Gasteiger charge is -2.04. The van der Waals surface area contributed by atoms with Gasteiger partial charge in [0.1, 0.15) is 0 Å². The molecule has 0 bridgehead atoms. The molecule has 0 aromatic carbocycles. The summed E-state index contributed by atoms with van der Waals surface area (Å²) < 4.78 is 0. The molecule has 0 saturated carbocycles. The van der Waals surface area contributed by atoms with E-state index in [1.54, 1.807) is 13.8 Å². The summed E-state index contributed by atoms with van der Waals surface area (Å²) in [7, 11) is 0.863. The van der Waals surface area contributed by atoms with Crippen molar-refractivity contribution in [3.05, 3.63) is 0 Å². The largest absolute Gasteiger partial charge is 0.395 e. The Morgan fingerprint density at radius 2 is 1.60 bits per heavy atom. The van der Waals surface area contributed by atoms with E-state index in [1.165, 1.54) is 0 Å². The van der Waals surface area contributed by atoms with Gasteiger partial charge in [-0.25, -0.2) is 0 Å². The Morgan fingerprint density at radius 3 is 1.60 bits per heavy atom. The van der Waals surface area contributed by atoms with Gasteiger partial charge in [-0.1, -0.05) is 0 Å². The Morgan fingerprint density at radius 1 is 1.60 bits per heavy atom. The summed E-state index contributed by atoms with van der Waals surface area (Å²) in [6, 6.07) is 0. The predicted octanol–water partition coefficient (Wildman–Crippen LogP) is -0.920. The molecule has 0 aromatic heterocycles. The molecule has 0 radical (unpaired) electrons. The summed E-state index contributed by atoms with van der Waals surface area (Å²) >= 11 is 0. The lowest BCUT2D eigenvalue weighted by Crippen LogP contribution is -2.16. The van der Waals surface area contributed by atoms with Gasteiger partial charge in [-0.15, -0.1) is 0 Å². The summed E-state index contributed by atoms with van der Waals surface area (Å²) in [6.07, 6.45) is 0. The second-order valence-electron chi connectivity index (χ2n) is 2.17. The molecular weight excluding hydrogens is 80.1 g/mol. The maximum Gasteiger partial charge on any atom is 0.0421 e. The highest BCUT2D eigenvalue weighted by Gasteiger charge is 1.97. The van der Waals surface area contributed by atoms with E-state index in [2.05, 4.69) is 0 Å². The van der Waals surface area contributed by atoms with Crippen LogP contribution in [0.15, 0.2) is 0 Å². The quantitative estimate of drug-likeness (QED) is 0.381. The highest BCUT2D eigenvalue weighted by molar-refractivity contribution is 6.13. The maximum atomic E-state index is 8.58. The minimum absolute atomic E-state index is 0.361. The van der Waals surface area contributed by atoms with Gasteiger partial charge in [0.15, 0.2) is 0 Å². The van der Waals surface area contributed by atoms with Crippen LogP contribution in [0.2, 0.25) is 0 Å². The second-order valence-corrected chi connectivity index (χ2v) is 4.62. The highest BCUT2D eigenvalue weighted by atomic mass is 28.1. The second kappa shape index (κ2) is 1.10. The Hall–Kier alpha value is 0.177. The first-order valence-electron chi connectivity index (χ1n) is 1.72. The SMILES string of the molecule is CC(C)(O)[SiH3]. The molecule has 0 aliphatic carbocycles. The molecule has 1 N–H and O–H groups in total. The lowest BCUT2D eigenvalue weighted by molar-refractivity contribution is 0.170. The summed E-state index contributed by atoms with van der Waals surface area (Å²) in [5, 5.41) is 8.22. The van der Waals surface area contributed by atoms with E-state index in [4.69, 9.17) is 5.11 Å². The van der Waals surface area contributed by atoms with Gasteiger partial charge in [0.2, 0.25) is 0 Å².